The lowest BCUT2D eigenvalue weighted by atomic mass is 10.0. The van der Waals surface area contributed by atoms with E-state index in [4.69, 9.17) is 10.5 Å². The van der Waals surface area contributed by atoms with E-state index in [9.17, 15) is 5.11 Å². The van der Waals surface area contributed by atoms with Gasteiger partial charge in [-0.3, -0.25) is 0 Å². The molecule has 0 aliphatic rings. The van der Waals surface area contributed by atoms with Gasteiger partial charge in [-0.2, -0.15) is 0 Å². The standard InChI is InChI=1S/C11H17NO2/c1-3-10(13)11(12)8-4-6-9(14-2)7-5-8/h4-7,10-11,13H,3,12H2,1-2H3. The van der Waals surface area contributed by atoms with Crippen molar-refractivity contribution in [3.05, 3.63) is 29.8 Å². The Bertz CT molecular complexity index is 271. The van der Waals surface area contributed by atoms with Crippen LogP contribution in [-0.2, 0) is 0 Å². The number of aliphatic hydroxyl groups excluding tert-OH is 1. The fourth-order valence-electron chi connectivity index (χ4n) is 1.30. The highest BCUT2D eigenvalue weighted by Crippen LogP contribution is 2.19. The largest absolute Gasteiger partial charge is 0.497 e. The Labute approximate surface area is 84.5 Å². The second kappa shape index (κ2) is 4.98. The van der Waals surface area contributed by atoms with Crippen LogP contribution in [0.3, 0.4) is 0 Å². The van der Waals surface area contributed by atoms with Crippen LogP contribution < -0.4 is 10.5 Å². The zero-order chi connectivity index (χ0) is 10.6. The van der Waals surface area contributed by atoms with Gasteiger partial charge in [-0.15, -0.1) is 0 Å². The van der Waals surface area contributed by atoms with Gasteiger partial charge in [-0.25, -0.2) is 0 Å². The predicted molar refractivity (Wildman–Crippen MR) is 56.2 cm³/mol. The van der Waals surface area contributed by atoms with Gasteiger partial charge in [-0.05, 0) is 24.1 Å². The molecule has 0 heterocycles. The average molecular weight is 195 g/mol. The van der Waals surface area contributed by atoms with E-state index < -0.39 is 6.10 Å². The van der Waals surface area contributed by atoms with E-state index in [1.165, 1.54) is 0 Å². The highest BCUT2D eigenvalue weighted by Gasteiger charge is 2.14. The van der Waals surface area contributed by atoms with E-state index in [1.54, 1.807) is 7.11 Å². The Morgan fingerprint density at radius 1 is 1.36 bits per heavy atom. The molecular formula is C11H17NO2. The fourth-order valence-corrected chi connectivity index (χ4v) is 1.30. The van der Waals surface area contributed by atoms with Crippen molar-refractivity contribution in [1.82, 2.24) is 0 Å². The quantitative estimate of drug-likeness (QED) is 0.764. The van der Waals surface area contributed by atoms with Crippen molar-refractivity contribution in [2.75, 3.05) is 7.11 Å². The molecule has 0 aromatic heterocycles. The van der Waals surface area contributed by atoms with Crippen molar-refractivity contribution in [2.24, 2.45) is 5.73 Å². The first-order valence-electron chi connectivity index (χ1n) is 4.76. The van der Waals surface area contributed by atoms with Crippen molar-refractivity contribution < 1.29 is 9.84 Å². The molecule has 1 aromatic carbocycles. The molecule has 0 spiro atoms. The van der Waals surface area contributed by atoms with Crippen LogP contribution in [0.5, 0.6) is 5.75 Å². The molecule has 2 atom stereocenters. The van der Waals surface area contributed by atoms with Crippen LogP contribution in [0, 0.1) is 0 Å². The van der Waals surface area contributed by atoms with Crippen molar-refractivity contribution in [2.45, 2.75) is 25.5 Å². The minimum Gasteiger partial charge on any atom is -0.497 e. The molecule has 0 bridgehead atoms. The highest BCUT2D eigenvalue weighted by molar-refractivity contribution is 5.29. The lowest BCUT2D eigenvalue weighted by Gasteiger charge is -2.17. The summed E-state index contributed by atoms with van der Waals surface area (Å²) in [6.07, 6.45) is 0.177. The average Bonchev–Trinajstić information content (AvgIpc) is 2.27. The van der Waals surface area contributed by atoms with Crippen LogP contribution in [0.1, 0.15) is 24.9 Å². The number of nitrogens with two attached hydrogens (primary N) is 1. The monoisotopic (exact) mass is 195 g/mol. The first-order valence-corrected chi connectivity index (χ1v) is 4.76. The number of benzene rings is 1. The Morgan fingerprint density at radius 3 is 2.36 bits per heavy atom. The molecule has 0 amide bonds. The molecule has 2 unspecified atom stereocenters. The third kappa shape index (κ3) is 2.47. The molecule has 3 nitrogen and oxygen atoms in total. The SMILES string of the molecule is CCC(O)C(N)c1ccc(OC)cc1. The summed E-state index contributed by atoms with van der Waals surface area (Å²) in [6, 6.07) is 7.13. The number of hydrogen-bond acceptors (Lipinski definition) is 3. The van der Waals surface area contributed by atoms with Gasteiger partial charge in [-0.1, -0.05) is 19.1 Å². The molecule has 1 aromatic rings. The maximum Gasteiger partial charge on any atom is 0.118 e. The maximum absolute atomic E-state index is 9.55. The second-order valence-corrected chi connectivity index (χ2v) is 3.27. The first-order chi connectivity index (χ1) is 6.69. The first kappa shape index (κ1) is 11.0. The van der Waals surface area contributed by atoms with E-state index in [1.807, 2.05) is 31.2 Å². The lowest BCUT2D eigenvalue weighted by molar-refractivity contribution is 0.140. The van der Waals surface area contributed by atoms with Gasteiger partial charge in [0.25, 0.3) is 0 Å². The minimum absolute atomic E-state index is 0.314. The van der Waals surface area contributed by atoms with Crippen LogP contribution in [-0.4, -0.2) is 18.3 Å². The van der Waals surface area contributed by atoms with Crippen molar-refractivity contribution in [3.8, 4) is 5.75 Å². The summed E-state index contributed by atoms with van der Waals surface area (Å²) >= 11 is 0. The maximum atomic E-state index is 9.55. The smallest absolute Gasteiger partial charge is 0.118 e. The second-order valence-electron chi connectivity index (χ2n) is 3.27. The Hall–Kier alpha value is -1.06. The number of methoxy groups -OCH3 is 1. The Balaban J connectivity index is 2.75. The van der Waals surface area contributed by atoms with Gasteiger partial charge in [0.1, 0.15) is 5.75 Å². The molecular weight excluding hydrogens is 178 g/mol. The molecule has 0 aliphatic heterocycles. The van der Waals surface area contributed by atoms with E-state index >= 15 is 0 Å². The number of ether oxygens (including phenoxy) is 1. The lowest BCUT2D eigenvalue weighted by Crippen LogP contribution is -2.25. The summed E-state index contributed by atoms with van der Waals surface area (Å²) in [6.45, 7) is 1.91. The van der Waals surface area contributed by atoms with Crippen molar-refractivity contribution in [1.29, 1.82) is 0 Å². The van der Waals surface area contributed by atoms with Crippen molar-refractivity contribution in [3.63, 3.8) is 0 Å². The van der Waals surface area contributed by atoms with E-state index in [0.29, 0.717) is 6.42 Å². The zero-order valence-corrected chi connectivity index (χ0v) is 8.60. The fraction of sp³-hybridized carbons (Fsp3) is 0.455. The molecule has 3 N–H and O–H groups in total. The minimum atomic E-state index is -0.483. The van der Waals surface area contributed by atoms with Crippen molar-refractivity contribution >= 4 is 0 Å². The third-order valence-electron chi connectivity index (χ3n) is 2.33. The highest BCUT2D eigenvalue weighted by atomic mass is 16.5. The van der Waals surface area contributed by atoms with E-state index in [0.717, 1.165) is 11.3 Å². The third-order valence-corrected chi connectivity index (χ3v) is 2.33. The molecule has 0 saturated carbocycles. The molecule has 3 heteroatoms. The van der Waals surface area contributed by atoms with E-state index in [2.05, 4.69) is 0 Å². The normalized spacial score (nSPS) is 14.9. The molecule has 0 aliphatic carbocycles. The summed E-state index contributed by atoms with van der Waals surface area (Å²) in [5, 5.41) is 9.55. The number of aliphatic hydroxyl groups is 1. The Morgan fingerprint density at radius 2 is 1.93 bits per heavy atom. The Kier molecular flexibility index (Phi) is 3.92. The van der Waals surface area contributed by atoms with Crippen LogP contribution in [0.25, 0.3) is 0 Å². The predicted octanol–water partition coefficient (Wildman–Crippen LogP) is 1.47. The summed E-state index contributed by atoms with van der Waals surface area (Å²) in [5.41, 5.74) is 6.78. The molecule has 0 saturated heterocycles. The topological polar surface area (TPSA) is 55.5 Å². The van der Waals surface area contributed by atoms with Gasteiger partial charge >= 0.3 is 0 Å². The molecule has 0 fully saturated rings. The van der Waals surface area contributed by atoms with Gasteiger partial charge in [0, 0.05) is 0 Å². The molecule has 78 valence electrons. The van der Waals surface area contributed by atoms with Gasteiger partial charge in [0.15, 0.2) is 0 Å². The summed E-state index contributed by atoms with van der Waals surface area (Å²) in [7, 11) is 1.62. The summed E-state index contributed by atoms with van der Waals surface area (Å²) in [5.74, 6) is 0.798. The van der Waals surface area contributed by atoms with E-state index in [-0.39, 0.29) is 6.04 Å². The van der Waals surface area contributed by atoms with Gasteiger partial charge < -0.3 is 15.6 Å². The van der Waals surface area contributed by atoms with Gasteiger partial charge in [0.2, 0.25) is 0 Å². The van der Waals surface area contributed by atoms with Crippen LogP contribution in [0.15, 0.2) is 24.3 Å². The van der Waals surface area contributed by atoms with Gasteiger partial charge in [0.05, 0.1) is 19.3 Å². The summed E-state index contributed by atoms with van der Waals surface area (Å²) in [4.78, 5) is 0. The van der Waals surface area contributed by atoms with Crippen LogP contribution in [0.2, 0.25) is 0 Å². The van der Waals surface area contributed by atoms with Crippen LogP contribution in [0.4, 0.5) is 0 Å². The zero-order valence-electron chi connectivity index (χ0n) is 8.60. The molecule has 14 heavy (non-hydrogen) atoms. The number of hydrogen-bond donors (Lipinski definition) is 2. The van der Waals surface area contributed by atoms with Crippen LogP contribution >= 0.6 is 0 Å². The molecule has 1 rings (SSSR count). The number of rotatable bonds is 4. The summed E-state index contributed by atoms with van der Waals surface area (Å²) < 4.78 is 5.03. The molecule has 0 radical (unpaired) electrons.